The van der Waals surface area contributed by atoms with Crippen LogP contribution >= 0.6 is 0 Å². The average molecular weight is 272 g/mol. The highest BCUT2D eigenvalue weighted by Gasteiger charge is 2.20. The van der Waals surface area contributed by atoms with Crippen LogP contribution < -0.4 is 10.1 Å². The SMILES string of the molecule is Cc1cc(C(=O)NCC2COc3ccccc3C2)no1. The summed E-state index contributed by atoms with van der Waals surface area (Å²) in [5.41, 5.74) is 1.51. The van der Waals surface area contributed by atoms with Crippen LogP contribution in [0.4, 0.5) is 0 Å². The number of carbonyl (C=O) groups is 1. The van der Waals surface area contributed by atoms with Gasteiger partial charge in [-0.15, -0.1) is 0 Å². The van der Waals surface area contributed by atoms with E-state index >= 15 is 0 Å². The van der Waals surface area contributed by atoms with Crippen LogP contribution in [-0.2, 0) is 6.42 Å². The van der Waals surface area contributed by atoms with Gasteiger partial charge in [0.2, 0.25) is 0 Å². The Hall–Kier alpha value is -2.30. The van der Waals surface area contributed by atoms with Gasteiger partial charge >= 0.3 is 0 Å². The number of fused-ring (bicyclic) bond motifs is 1. The number of aryl methyl sites for hydroxylation is 1. The van der Waals surface area contributed by atoms with E-state index in [1.54, 1.807) is 13.0 Å². The zero-order chi connectivity index (χ0) is 13.9. The van der Waals surface area contributed by atoms with Crippen LogP contribution in [0.2, 0.25) is 0 Å². The fraction of sp³-hybridized carbons (Fsp3) is 0.333. The number of benzene rings is 1. The molecule has 3 rings (SSSR count). The third-order valence-electron chi connectivity index (χ3n) is 3.37. The first-order valence-corrected chi connectivity index (χ1v) is 6.64. The first-order chi connectivity index (χ1) is 9.72. The highest BCUT2D eigenvalue weighted by Crippen LogP contribution is 2.26. The number of nitrogens with one attached hydrogen (secondary N) is 1. The van der Waals surface area contributed by atoms with Crippen LogP contribution in [0.15, 0.2) is 34.9 Å². The Kier molecular flexibility index (Phi) is 3.41. The van der Waals surface area contributed by atoms with Gasteiger partial charge in [0.05, 0.1) is 6.61 Å². The van der Waals surface area contributed by atoms with Gasteiger partial charge in [-0.25, -0.2) is 0 Å². The van der Waals surface area contributed by atoms with Gasteiger partial charge in [0.1, 0.15) is 11.5 Å². The lowest BCUT2D eigenvalue weighted by atomic mass is 9.97. The van der Waals surface area contributed by atoms with Crippen molar-refractivity contribution in [3.05, 3.63) is 47.3 Å². The van der Waals surface area contributed by atoms with Gasteiger partial charge in [0, 0.05) is 18.5 Å². The number of carbonyl (C=O) groups excluding carboxylic acids is 1. The number of hydrogen-bond donors (Lipinski definition) is 1. The minimum Gasteiger partial charge on any atom is -0.493 e. The number of aromatic nitrogens is 1. The Morgan fingerprint density at radius 2 is 2.30 bits per heavy atom. The highest BCUT2D eigenvalue weighted by atomic mass is 16.5. The lowest BCUT2D eigenvalue weighted by Gasteiger charge is -2.25. The van der Waals surface area contributed by atoms with Crippen LogP contribution in [-0.4, -0.2) is 24.2 Å². The molecule has 1 aliphatic rings. The molecule has 1 aromatic heterocycles. The summed E-state index contributed by atoms with van der Waals surface area (Å²) < 4.78 is 10.6. The Labute approximate surface area is 116 Å². The molecule has 0 aliphatic carbocycles. The topological polar surface area (TPSA) is 64.4 Å². The van der Waals surface area contributed by atoms with E-state index in [1.165, 1.54) is 5.56 Å². The predicted octanol–water partition coefficient (Wildman–Crippen LogP) is 1.96. The maximum Gasteiger partial charge on any atom is 0.273 e. The standard InChI is InChI=1S/C15H16N2O3/c1-10-6-13(17-20-10)15(18)16-8-11-7-12-4-2-3-5-14(12)19-9-11/h2-6,11H,7-9H2,1H3,(H,16,18). The molecule has 5 heteroatoms. The van der Waals surface area contributed by atoms with Crippen molar-refractivity contribution in [2.24, 2.45) is 5.92 Å². The summed E-state index contributed by atoms with van der Waals surface area (Å²) in [6, 6.07) is 9.63. The molecule has 1 amide bonds. The molecule has 1 aromatic carbocycles. The lowest BCUT2D eigenvalue weighted by molar-refractivity contribution is 0.0930. The maximum atomic E-state index is 11.9. The molecular weight excluding hydrogens is 256 g/mol. The van der Waals surface area contributed by atoms with E-state index in [2.05, 4.69) is 16.5 Å². The van der Waals surface area contributed by atoms with Crippen LogP contribution in [0.25, 0.3) is 0 Å². The normalized spacial score (nSPS) is 17.1. The zero-order valence-electron chi connectivity index (χ0n) is 11.3. The number of para-hydroxylation sites is 1. The summed E-state index contributed by atoms with van der Waals surface area (Å²) in [6.45, 7) is 2.95. The van der Waals surface area contributed by atoms with E-state index in [1.807, 2.05) is 18.2 Å². The molecular formula is C15H16N2O3. The Bertz CT molecular complexity index is 621. The van der Waals surface area contributed by atoms with Crippen molar-refractivity contribution in [3.8, 4) is 5.75 Å². The van der Waals surface area contributed by atoms with E-state index < -0.39 is 0 Å². The lowest BCUT2D eigenvalue weighted by Crippen LogP contribution is -2.34. The first kappa shape index (κ1) is 12.7. The van der Waals surface area contributed by atoms with Gasteiger partial charge in [-0.3, -0.25) is 4.79 Å². The Balaban J connectivity index is 1.56. The second-order valence-corrected chi connectivity index (χ2v) is 5.02. The van der Waals surface area contributed by atoms with Crippen molar-refractivity contribution in [1.29, 1.82) is 0 Å². The molecule has 0 radical (unpaired) electrons. The average Bonchev–Trinajstić information content (AvgIpc) is 2.91. The molecule has 0 saturated heterocycles. The number of rotatable bonds is 3. The zero-order valence-corrected chi connectivity index (χ0v) is 11.3. The van der Waals surface area contributed by atoms with E-state index in [4.69, 9.17) is 9.26 Å². The fourth-order valence-electron chi connectivity index (χ4n) is 2.32. The van der Waals surface area contributed by atoms with Crippen molar-refractivity contribution >= 4 is 5.91 Å². The molecule has 1 atom stereocenters. The Morgan fingerprint density at radius 3 is 3.10 bits per heavy atom. The number of hydrogen-bond acceptors (Lipinski definition) is 4. The summed E-state index contributed by atoms with van der Waals surface area (Å²) in [5, 5.41) is 6.57. The third kappa shape index (κ3) is 2.66. The van der Waals surface area contributed by atoms with Gasteiger partial charge in [-0.1, -0.05) is 23.4 Å². The quantitative estimate of drug-likeness (QED) is 0.927. The summed E-state index contributed by atoms with van der Waals surface area (Å²) in [6.07, 6.45) is 0.911. The second kappa shape index (κ2) is 5.36. The molecule has 20 heavy (non-hydrogen) atoms. The molecule has 104 valence electrons. The molecule has 0 saturated carbocycles. The van der Waals surface area contributed by atoms with Crippen LogP contribution in [0.5, 0.6) is 5.75 Å². The molecule has 1 N–H and O–H groups in total. The van der Waals surface area contributed by atoms with Crippen LogP contribution in [0.1, 0.15) is 21.8 Å². The number of nitrogens with zero attached hydrogens (tertiary/aromatic N) is 1. The molecule has 2 heterocycles. The molecule has 1 aliphatic heterocycles. The van der Waals surface area contributed by atoms with E-state index in [9.17, 15) is 4.79 Å². The first-order valence-electron chi connectivity index (χ1n) is 6.64. The minimum atomic E-state index is -0.208. The van der Waals surface area contributed by atoms with Gasteiger partial charge in [0.15, 0.2) is 5.69 Å². The van der Waals surface area contributed by atoms with Crippen molar-refractivity contribution in [2.45, 2.75) is 13.3 Å². The summed E-state index contributed by atoms with van der Waals surface area (Å²) in [4.78, 5) is 11.9. The van der Waals surface area contributed by atoms with E-state index in [-0.39, 0.29) is 11.8 Å². The summed E-state index contributed by atoms with van der Waals surface area (Å²) in [5.74, 6) is 1.65. The molecule has 1 unspecified atom stereocenters. The van der Waals surface area contributed by atoms with Gasteiger partial charge < -0.3 is 14.6 Å². The van der Waals surface area contributed by atoms with Crippen molar-refractivity contribution in [3.63, 3.8) is 0 Å². The molecule has 0 bridgehead atoms. The van der Waals surface area contributed by atoms with Gasteiger partial charge in [-0.05, 0) is 25.0 Å². The van der Waals surface area contributed by atoms with Gasteiger partial charge in [0.25, 0.3) is 5.91 Å². The van der Waals surface area contributed by atoms with Gasteiger partial charge in [-0.2, -0.15) is 0 Å². The van der Waals surface area contributed by atoms with Crippen molar-refractivity contribution in [2.75, 3.05) is 13.2 Å². The number of amides is 1. The minimum absolute atomic E-state index is 0.208. The summed E-state index contributed by atoms with van der Waals surface area (Å²) >= 11 is 0. The molecule has 2 aromatic rings. The second-order valence-electron chi connectivity index (χ2n) is 5.02. The smallest absolute Gasteiger partial charge is 0.273 e. The monoisotopic (exact) mass is 272 g/mol. The summed E-state index contributed by atoms with van der Waals surface area (Å²) in [7, 11) is 0. The van der Waals surface area contributed by atoms with Crippen LogP contribution in [0.3, 0.4) is 0 Å². The van der Waals surface area contributed by atoms with E-state index in [0.29, 0.717) is 24.6 Å². The molecule has 0 spiro atoms. The Morgan fingerprint density at radius 1 is 1.45 bits per heavy atom. The number of ether oxygens (including phenoxy) is 1. The molecule has 5 nitrogen and oxygen atoms in total. The van der Waals surface area contributed by atoms with Crippen LogP contribution in [0, 0.1) is 12.8 Å². The van der Waals surface area contributed by atoms with E-state index in [0.717, 1.165) is 12.2 Å². The third-order valence-corrected chi connectivity index (χ3v) is 3.37. The molecule has 0 fully saturated rings. The van der Waals surface area contributed by atoms with Crippen molar-refractivity contribution in [1.82, 2.24) is 10.5 Å². The predicted molar refractivity (Wildman–Crippen MR) is 72.7 cm³/mol. The van der Waals surface area contributed by atoms with Crippen molar-refractivity contribution < 1.29 is 14.1 Å². The maximum absolute atomic E-state index is 11.9. The fourth-order valence-corrected chi connectivity index (χ4v) is 2.32. The largest absolute Gasteiger partial charge is 0.493 e. The highest BCUT2D eigenvalue weighted by molar-refractivity contribution is 5.92.